The summed E-state index contributed by atoms with van der Waals surface area (Å²) in [6.45, 7) is 12.1. The number of nitrogens with zero attached hydrogens (tertiary/aromatic N) is 2. The molecule has 1 heterocycles. The smallest absolute Gasteiger partial charge is 0.191 e. The second-order valence-corrected chi connectivity index (χ2v) is 6.88. The molecule has 1 aliphatic heterocycles. The fourth-order valence-electron chi connectivity index (χ4n) is 2.78. The molecule has 0 atom stereocenters. The number of halogens is 1. The fraction of sp³-hybridized carbons (Fsp3) is 0.938. The summed E-state index contributed by atoms with van der Waals surface area (Å²) in [5.74, 6) is 1.87. The molecule has 0 bridgehead atoms. The normalized spacial score (nSPS) is 20.8. The van der Waals surface area contributed by atoms with Crippen molar-refractivity contribution in [1.82, 2.24) is 15.5 Å². The number of guanidine groups is 1. The van der Waals surface area contributed by atoms with E-state index in [1.165, 1.54) is 45.2 Å². The summed E-state index contributed by atoms with van der Waals surface area (Å²) in [7, 11) is 0. The van der Waals surface area contributed by atoms with Gasteiger partial charge in [-0.05, 0) is 65.5 Å². The molecule has 1 saturated carbocycles. The summed E-state index contributed by atoms with van der Waals surface area (Å²) in [4.78, 5) is 7.41. The Morgan fingerprint density at radius 3 is 2.38 bits per heavy atom. The van der Waals surface area contributed by atoms with Crippen LogP contribution in [0.15, 0.2) is 4.99 Å². The van der Waals surface area contributed by atoms with Gasteiger partial charge in [-0.2, -0.15) is 0 Å². The summed E-state index contributed by atoms with van der Waals surface area (Å²) in [5, 5.41) is 6.84. The standard InChI is InChI=1S/C16H32N4.HI/c1-4-17-15(18-12-14-8-9-14)19-13-16(2,3)20-10-6-5-7-11-20;/h14H,4-13H2,1-3H3,(H2,17,18,19);1H. The van der Waals surface area contributed by atoms with Gasteiger partial charge in [0.05, 0.1) is 6.54 Å². The number of rotatable bonds is 6. The lowest BCUT2D eigenvalue weighted by molar-refractivity contribution is 0.102. The van der Waals surface area contributed by atoms with E-state index in [1.807, 2.05) is 0 Å². The van der Waals surface area contributed by atoms with Gasteiger partial charge in [0, 0.05) is 18.6 Å². The average Bonchev–Trinajstić information content (AvgIpc) is 3.27. The van der Waals surface area contributed by atoms with Gasteiger partial charge >= 0.3 is 0 Å². The largest absolute Gasteiger partial charge is 0.357 e. The van der Waals surface area contributed by atoms with Gasteiger partial charge in [-0.1, -0.05) is 6.42 Å². The van der Waals surface area contributed by atoms with E-state index in [-0.39, 0.29) is 29.5 Å². The van der Waals surface area contributed by atoms with Crippen LogP contribution in [0.4, 0.5) is 0 Å². The first-order valence-electron chi connectivity index (χ1n) is 8.39. The van der Waals surface area contributed by atoms with E-state index in [1.54, 1.807) is 0 Å². The summed E-state index contributed by atoms with van der Waals surface area (Å²) >= 11 is 0. The third kappa shape index (κ3) is 6.72. The maximum Gasteiger partial charge on any atom is 0.191 e. The van der Waals surface area contributed by atoms with E-state index in [0.717, 1.165) is 31.5 Å². The maximum atomic E-state index is 4.81. The summed E-state index contributed by atoms with van der Waals surface area (Å²) < 4.78 is 0. The molecule has 0 aromatic heterocycles. The summed E-state index contributed by atoms with van der Waals surface area (Å²) in [5.41, 5.74) is 0.169. The van der Waals surface area contributed by atoms with Crippen molar-refractivity contribution < 1.29 is 0 Å². The number of nitrogens with one attached hydrogen (secondary N) is 2. The molecule has 0 amide bonds. The number of hydrogen-bond donors (Lipinski definition) is 2. The van der Waals surface area contributed by atoms with Crippen LogP contribution in [0.2, 0.25) is 0 Å². The van der Waals surface area contributed by atoms with E-state index >= 15 is 0 Å². The lowest BCUT2D eigenvalue weighted by Gasteiger charge is -2.40. The Kier molecular flexibility index (Phi) is 8.31. The Morgan fingerprint density at radius 2 is 1.81 bits per heavy atom. The van der Waals surface area contributed by atoms with Gasteiger partial charge in [-0.15, -0.1) is 24.0 Å². The van der Waals surface area contributed by atoms with Crippen LogP contribution in [0.3, 0.4) is 0 Å². The molecule has 1 aliphatic carbocycles. The van der Waals surface area contributed by atoms with E-state index in [9.17, 15) is 0 Å². The first-order valence-corrected chi connectivity index (χ1v) is 8.39. The average molecular weight is 408 g/mol. The topological polar surface area (TPSA) is 39.7 Å². The number of aliphatic imine (C=N–C) groups is 1. The van der Waals surface area contributed by atoms with Gasteiger partial charge in [-0.25, -0.2) is 0 Å². The van der Waals surface area contributed by atoms with Crippen molar-refractivity contribution in [1.29, 1.82) is 0 Å². The predicted molar refractivity (Wildman–Crippen MR) is 102 cm³/mol. The van der Waals surface area contributed by atoms with Crippen LogP contribution >= 0.6 is 24.0 Å². The number of piperidine rings is 1. The Bertz CT molecular complexity index is 320. The van der Waals surface area contributed by atoms with Crippen LogP contribution in [0.1, 0.15) is 52.9 Å². The van der Waals surface area contributed by atoms with Crippen LogP contribution in [0.25, 0.3) is 0 Å². The molecule has 1 saturated heterocycles. The predicted octanol–water partition coefficient (Wildman–Crippen LogP) is 2.83. The van der Waals surface area contributed by atoms with E-state index in [2.05, 4.69) is 36.3 Å². The zero-order valence-electron chi connectivity index (χ0n) is 14.0. The molecule has 2 rings (SSSR count). The van der Waals surface area contributed by atoms with Crippen molar-refractivity contribution in [3.05, 3.63) is 0 Å². The minimum Gasteiger partial charge on any atom is -0.357 e. The van der Waals surface area contributed by atoms with Crippen LogP contribution in [0, 0.1) is 5.92 Å². The van der Waals surface area contributed by atoms with Crippen LogP contribution < -0.4 is 10.6 Å². The molecule has 4 nitrogen and oxygen atoms in total. The molecule has 0 unspecified atom stereocenters. The third-order valence-corrected chi connectivity index (χ3v) is 4.44. The van der Waals surface area contributed by atoms with Crippen LogP contribution in [-0.4, -0.2) is 49.1 Å². The van der Waals surface area contributed by atoms with Crippen LogP contribution in [-0.2, 0) is 0 Å². The van der Waals surface area contributed by atoms with Crippen molar-refractivity contribution in [2.45, 2.75) is 58.4 Å². The second-order valence-electron chi connectivity index (χ2n) is 6.88. The molecule has 2 fully saturated rings. The van der Waals surface area contributed by atoms with Gasteiger partial charge in [0.25, 0.3) is 0 Å². The molecule has 0 aromatic rings. The monoisotopic (exact) mass is 408 g/mol. The lowest BCUT2D eigenvalue weighted by atomic mass is 9.99. The first kappa shape index (κ1) is 19.0. The van der Waals surface area contributed by atoms with Crippen molar-refractivity contribution >= 4 is 29.9 Å². The second kappa shape index (κ2) is 9.18. The maximum absolute atomic E-state index is 4.81. The van der Waals surface area contributed by atoms with E-state index in [0.29, 0.717) is 0 Å². The minimum absolute atomic E-state index is 0. The summed E-state index contributed by atoms with van der Waals surface area (Å²) in [6.07, 6.45) is 6.83. The zero-order chi connectivity index (χ0) is 14.4. The molecule has 2 aliphatic rings. The molecule has 21 heavy (non-hydrogen) atoms. The van der Waals surface area contributed by atoms with E-state index in [4.69, 9.17) is 4.99 Å². The Hall–Kier alpha value is -0.0400. The quantitative estimate of drug-likeness (QED) is 0.404. The molecular formula is C16H33IN4. The van der Waals surface area contributed by atoms with Gasteiger partial charge in [0.1, 0.15) is 0 Å². The van der Waals surface area contributed by atoms with Crippen molar-refractivity contribution in [2.24, 2.45) is 10.9 Å². The zero-order valence-corrected chi connectivity index (χ0v) is 16.3. The molecule has 0 aromatic carbocycles. The summed E-state index contributed by atoms with van der Waals surface area (Å²) in [6, 6.07) is 0. The van der Waals surface area contributed by atoms with E-state index < -0.39 is 0 Å². The number of likely N-dealkylation sites (tertiary alicyclic amines) is 1. The molecular weight excluding hydrogens is 375 g/mol. The Labute approximate surface area is 147 Å². The highest BCUT2D eigenvalue weighted by molar-refractivity contribution is 14.0. The van der Waals surface area contributed by atoms with Gasteiger partial charge in [-0.3, -0.25) is 9.89 Å². The van der Waals surface area contributed by atoms with Crippen molar-refractivity contribution in [3.8, 4) is 0 Å². The lowest BCUT2D eigenvalue weighted by Crippen LogP contribution is -2.49. The van der Waals surface area contributed by atoms with Crippen molar-refractivity contribution in [3.63, 3.8) is 0 Å². The fourth-order valence-corrected chi connectivity index (χ4v) is 2.78. The highest BCUT2D eigenvalue weighted by Crippen LogP contribution is 2.27. The van der Waals surface area contributed by atoms with Gasteiger partial charge in [0.2, 0.25) is 0 Å². The molecule has 0 spiro atoms. The van der Waals surface area contributed by atoms with Gasteiger partial charge < -0.3 is 10.6 Å². The highest BCUT2D eigenvalue weighted by Gasteiger charge is 2.28. The first-order chi connectivity index (χ1) is 9.62. The van der Waals surface area contributed by atoms with Crippen LogP contribution in [0.5, 0.6) is 0 Å². The van der Waals surface area contributed by atoms with Crippen molar-refractivity contribution in [2.75, 3.05) is 32.7 Å². The molecule has 5 heteroatoms. The Morgan fingerprint density at radius 1 is 1.14 bits per heavy atom. The third-order valence-electron chi connectivity index (χ3n) is 4.44. The Balaban J connectivity index is 0.00000220. The molecule has 124 valence electrons. The minimum atomic E-state index is 0. The molecule has 2 N–H and O–H groups in total. The SMILES string of the molecule is CCNC(=NCC(C)(C)N1CCCCC1)NCC1CC1.I. The van der Waals surface area contributed by atoms with Gasteiger partial charge in [0.15, 0.2) is 5.96 Å². The highest BCUT2D eigenvalue weighted by atomic mass is 127. The number of hydrogen-bond acceptors (Lipinski definition) is 2. The molecule has 0 radical (unpaired) electrons.